The van der Waals surface area contributed by atoms with Gasteiger partial charge in [0.25, 0.3) is 0 Å². The topological polar surface area (TPSA) is 78.3 Å². The highest BCUT2D eigenvalue weighted by Gasteiger charge is 2.53. The van der Waals surface area contributed by atoms with E-state index in [0.29, 0.717) is 29.1 Å². The lowest BCUT2D eigenvalue weighted by Gasteiger charge is -2.29. The van der Waals surface area contributed by atoms with Crippen molar-refractivity contribution in [1.29, 1.82) is 0 Å². The second kappa shape index (κ2) is 8.74. The number of nitrogens with zero attached hydrogens (tertiary/aromatic N) is 1. The summed E-state index contributed by atoms with van der Waals surface area (Å²) in [5, 5.41) is 0. The van der Waals surface area contributed by atoms with Crippen LogP contribution in [0, 0.1) is 5.92 Å². The van der Waals surface area contributed by atoms with Crippen molar-refractivity contribution in [3.63, 3.8) is 0 Å². The summed E-state index contributed by atoms with van der Waals surface area (Å²) in [6.07, 6.45) is 7.77. The molecule has 2 aliphatic rings. The first kappa shape index (κ1) is 19.7. The molecule has 3 N–H and O–H groups in total. The zero-order chi connectivity index (χ0) is 19.3. The van der Waals surface area contributed by atoms with Crippen molar-refractivity contribution in [1.82, 2.24) is 0 Å². The molecule has 27 heavy (non-hydrogen) atoms. The van der Waals surface area contributed by atoms with Crippen LogP contribution >= 0.6 is 0 Å². The Morgan fingerprint density at radius 3 is 2.33 bits per heavy atom. The summed E-state index contributed by atoms with van der Waals surface area (Å²) in [7, 11) is 1.77. The number of guanidine groups is 1. The smallest absolute Gasteiger partial charge is 0.351 e. The van der Waals surface area contributed by atoms with E-state index < -0.39 is 5.54 Å². The minimum absolute atomic E-state index is 0.0217. The Labute approximate surface area is 161 Å². The largest absolute Gasteiger partial charge is 0.494 e. The summed E-state index contributed by atoms with van der Waals surface area (Å²) in [4.78, 5) is 18.1. The molecule has 1 aliphatic carbocycles. The highest BCUT2D eigenvalue weighted by atomic mass is 16.5. The average Bonchev–Trinajstić information content (AvgIpc) is 2.90. The second-order valence-corrected chi connectivity index (χ2v) is 7.80. The fourth-order valence-electron chi connectivity index (χ4n) is 4.05. The summed E-state index contributed by atoms with van der Waals surface area (Å²) in [6.45, 7) is 3.00. The first-order chi connectivity index (χ1) is 13.0. The van der Waals surface area contributed by atoms with Crippen molar-refractivity contribution in [2.24, 2.45) is 16.6 Å². The molecule has 1 amide bonds. The van der Waals surface area contributed by atoms with Crippen molar-refractivity contribution >= 4 is 11.9 Å². The van der Waals surface area contributed by atoms with Gasteiger partial charge in [-0.3, -0.25) is 0 Å². The van der Waals surface area contributed by atoms with Crippen molar-refractivity contribution in [2.75, 3.05) is 20.3 Å². The van der Waals surface area contributed by atoms with Gasteiger partial charge in [-0.1, -0.05) is 39.0 Å². The molecule has 6 heteroatoms. The molecule has 0 bridgehead atoms. The molecular weight excluding hydrogens is 342 g/mol. The van der Waals surface area contributed by atoms with Gasteiger partial charge in [0.15, 0.2) is 0 Å². The van der Waals surface area contributed by atoms with Gasteiger partial charge in [0.1, 0.15) is 18.1 Å². The third kappa shape index (κ3) is 4.61. The summed E-state index contributed by atoms with van der Waals surface area (Å²) >= 11 is 0. The standard InChI is InChI=1S/C21H31N3O3/c1-3-13-26-17-9-11-18(12-10-17)27-15-21(14-16-7-5-4-6-8-16)19(25)24(2)20(22)23-21/h9-12,16H,3-8,13-15H2,1-2H3,(H2,22,23)/p+1. The molecule has 3 rings (SSSR count). The molecule has 1 saturated carbocycles. The average molecular weight is 375 g/mol. The highest BCUT2D eigenvalue weighted by molar-refractivity contribution is 5.94. The highest BCUT2D eigenvalue weighted by Crippen LogP contribution is 2.34. The number of aliphatic imine (C=N–C) groups is 1. The van der Waals surface area contributed by atoms with Crippen molar-refractivity contribution in [3.8, 4) is 11.5 Å². The number of amides is 1. The molecule has 0 radical (unpaired) electrons. The Hall–Kier alpha value is -2.08. The normalized spacial score (nSPS) is 26.1. The van der Waals surface area contributed by atoms with Crippen LogP contribution in [0.3, 0.4) is 0 Å². The summed E-state index contributed by atoms with van der Waals surface area (Å²) < 4.78 is 11.6. The van der Waals surface area contributed by atoms with Crippen LogP contribution in [0.1, 0.15) is 51.9 Å². The Bertz CT molecular complexity index is 668. The Morgan fingerprint density at radius 2 is 1.78 bits per heavy atom. The van der Waals surface area contributed by atoms with Gasteiger partial charge < -0.3 is 15.2 Å². The Kier molecular flexibility index (Phi) is 6.37. The van der Waals surface area contributed by atoms with Gasteiger partial charge in [0, 0.05) is 0 Å². The molecule has 6 nitrogen and oxygen atoms in total. The van der Waals surface area contributed by atoms with Crippen LogP contribution in [0.25, 0.3) is 0 Å². The summed E-state index contributed by atoms with van der Waals surface area (Å²) in [5.41, 5.74) is 5.14. The van der Waals surface area contributed by atoms with Crippen molar-refractivity contribution in [3.05, 3.63) is 24.3 Å². The van der Waals surface area contributed by atoms with E-state index in [0.717, 1.165) is 31.4 Å². The second-order valence-electron chi connectivity index (χ2n) is 7.80. The maximum Gasteiger partial charge on any atom is 0.351 e. The monoisotopic (exact) mass is 374 g/mol. The van der Waals surface area contributed by atoms with E-state index in [4.69, 9.17) is 15.2 Å². The Morgan fingerprint density at radius 1 is 1.15 bits per heavy atom. The predicted octanol–water partition coefficient (Wildman–Crippen LogP) is 1.93. The molecule has 0 saturated heterocycles. The number of ether oxygens (including phenoxy) is 2. The number of nitrogens with two attached hydrogens (primary N) is 1. The van der Waals surface area contributed by atoms with Crippen LogP contribution in [0.4, 0.5) is 0 Å². The first-order valence-corrected chi connectivity index (χ1v) is 10.1. The molecule has 1 aliphatic heterocycles. The van der Waals surface area contributed by atoms with E-state index >= 15 is 0 Å². The van der Waals surface area contributed by atoms with Gasteiger partial charge in [0.05, 0.1) is 13.7 Å². The number of carbonyl (C=O) groups excluding carboxylic acids is 1. The molecule has 1 fully saturated rings. The predicted molar refractivity (Wildman–Crippen MR) is 105 cm³/mol. The first-order valence-electron chi connectivity index (χ1n) is 10.1. The quantitative estimate of drug-likeness (QED) is 0.729. The van der Waals surface area contributed by atoms with Crippen LogP contribution in [0.2, 0.25) is 0 Å². The van der Waals surface area contributed by atoms with Crippen LogP contribution in [0.15, 0.2) is 29.3 Å². The number of carbonyl (C=O) groups is 1. The van der Waals surface area contributed by atoms with Gasteiger partial charge in [-0.15, -0.1) is 0 Å². The lowest BCUT2D eigenvalue weighted by atomic mass is 9.79. The van der Waals surface area contributed by atoms with Crippen LogP contribution in [-0.2, 0) is 4.79 Å². The summed E-state index contributed by atoms with van der Waals surface area (Å²) in [6, 6.07) is 7.54. The van der Waals surface area contributed by atoms with Crippen LogP contribution < -0.4 is 20.1 Å². The van der Waals surface area contributed by atoms with E-state index in [1.165, 1.54) is 19.3 Å². The maximum absolute atomic E-state index is 13.0. The molecular formula is C21H32N3O3+. The molecule has 1 aromatic rings. The SMILES string of the molecule is CCCOc1ccc(OCC2(CC3CCCCC3)N=C(N)[NH+](C)C2=O)cc1. The summed E-state index contributed by atoms with van der Waals surface area (Å²) in [5.74, 6) is 2.44. The molecule has 1 aromatic carbocycles. The van der Waals surface area contributed by atoms with Crippen molar-refractivity contribution < 1.29 is 19.2 Å². The molecule has 2 unspecified atom stereocenters. The number of benzene rings is 1. The van der Waals surface area contributed by atoms with Crippen LogP contribution in [0.5, 0.6) is 11.5 Å². The minimum atomic E-state index is -0.868. The van der Waals surface area contributed by atoms with Gasteiger partial charge in [-0.05, 0) is 43.0 Å². The molecule has 1 heterocycles. The van der Waals surface area contributed by atoms with E-state index in [2.05, 4.69) is 11.9 Å². The zero-order valence-electron chi connectivity index (χ0n) is 16.5. The third-order valence-electron chi connectivity index (χ3n) is 5.61. The lowest BCUT2D eigenvalue weighted by Crippen LogP contribution is -3.15. The number of likely N-dealkylation sites (N-methyl/N-ethyl adjacent to an activating group) is 1. The molecule has 0 spiro atoms. The van der Waals surface area contributed by atoms with Gasteiger partial charge >= 0.3 is 11.9 Å². The van der Waals surface area contributed by atoms with E-state index in [1.54, 1.807) is 7.05 Å². The number of hydrogen-bond acceptors (Lipinski definition) is 5. The fraction of sp³-hybridized carbons (Fsp3) is 0.619. The maximum atomic E-state index is 13.0. The van der Waals surface area contributed by atoms with E-state index in [-0.39, 0.29) is 12.5 Å². The number of nitrogens with one attached hydrogen (secondary N) is 1. The Balaban J connectivity index is 1.69. The van der Waals surface area contributed by atoms with Crippen molar-refractivity contribution in [2.45, 2.75) is 57.4 Å². The third-order valence-corrected chi connectivity index (χ3v) is 5.61. The zero-order valence-corrected chi connectivity index (χ0v) is 16.5. The van der Waals surface area contributed by atoms with E-state index in [1.807, 2.05) is 24.3 Å². The fourth-order valence-corrected chi connectivity index (χ4v) is 4.05. The minimum Gasteiger partial charge on any atom is -0.494 e. The number of rotatable bonds is 8. The molecule has 0 aromatic heterocycles. The number of hydrogen-bond donors (Lipinski definition) is 2. The van der Waals surface area contributed by atoms with Gasteiger partial charge in [-0.2, -0.15) is 4.99 Å². The number of quaternary nitrogens is 1. The van der Waals surface area contributed by atoms with E-state index in [9.17, 15) is 4.79 Å². The van der Waals surface area contributed by atoms with Gasteiger partial charge in [-0.25, -0.2) is 9.69 Å². The van der Waals surface area contributed by atoms with Gasteiger partial charge in [0.2, 0.25) is 5.54 Å². The lowest BCUT2D eigenvalue weighted by molar-refractivity contribution is -0.694. The molecule has 148 valence electrons. The molecule has 2 atom stereocenters. The van der Waals surface area contributed by atoms with Crippen LogP contribution in [-0.4, -0.2) is 37.7 Å².